The molecule has 0 radical (unpaired) electrons. The Morgan fingerprint density at radius 2 is 1.83 bits per heavy atom. The summed E-state index contributed by atoms with van der Waals surface area (Å²) in [6, 6.07) is 0. The van der Waals surface area contributed by atoms with Gasteiger partial charge in [0.2, 0.25) is 5.91 Å². The van der Waals surface area contributed by atoms with Crippen LogP contribution in [0.1, 0.15) is 19.3 Å². The van der Waals surface area contributed by atoms with Crippen molar-refractivity contribution in [3.8, 4) is 0 Å². The van der Waals surface area contributed by atoms with Crippen molar-refractivity contribution < 1.29 is 14.4 Å². The number of amides is 3. The summed E-state index contributed by atoms with van der Waals surface area (Å²) in [5, 5.41) is 2.44. The molecule has 0 aromatic rings. The molecule has 0 aromatic heterocycles. The molecule has 102 valence electrons. The number of primary amides is 1. The van der Waals surface area contributed by atoms with Crippen LogP contribution < -0.4 is 16.8 Å². The van der Waals surface area contributed by atoms with Crippen LogP contribution >= 0.6 is 0 Å². The maximum Gasteiger partial charge on any atom is 0.311 e. The molecule has 5 N–H and O–H groups in total. The summed E-state index contributed by atoms with van der Waals surface area (Å²) in [7, 11) is 0. The third-order valence-electron chi connectivity index (χ3n) is 3.02. The molecule has 0 aromatic carbocycles. The smallest absolute Gasteiger partial charge is 0.311 e. The maximum absolute atomic E-state index is 11.7. The molecule has 18 heavy (non-hydrogen) atoms. The Bertz CT molecular complexity index is 324. The number of nitrogens with zero attached hydrogens (tertiary/aromatic N) is 1. The summed E-state index contributed by atoms with van der Waals surface area (Å²) in [6.45, 7) is 1.59. The van der Waals surface area contributed by atoms with Gasteiger partial charge in [0.15, 0.2) is 0 Å². The fourth-order valence-electron chi connectivity index (χ4n) is 2.03. The molecule has 1 aliphatic rings. The van der Waals surface area contributed by atoms with Gasteiger partial charge in [-0.15, -0.1) is 0 Å². The number of hydrogen-bond acceptors (Lipinski definition) is 4. The molecule has 1 aliphatic heterocycles. The van der Waals surface area contributed by atoms with E-state index in [0.29, 0.717) is 45.4 Å². The van der Waals surface area contributed by atoms with E-state index in [0.717, 1.165) is 0 Å². The van der Waals surface area contributed by atoms with Crippen LogP contribution in [0.4, 0.5) is 0 Å². The minimum Gasteiger partial charge on any atom is -0.370 e. The van der Waals surface area contributed by atoms with Gasteiger partial charge in [0.1, 0.15) is 0 Å². The van der Waals surface area contributed by atoms with Crippen molar-refractivity contribution in [3.05, 3.63) is 0 Å². The van der Waals surface area contributed by atoms with Gasteiger partial charge in [-0.2, -0.15) is 0 Å². The molecule has 7 heteroatoms. The van der Waals surface area contributed by atoms with E-state index in [-0.39, 0.29) is 11.8 Å². The number of rotatable bonds is 4. The topological polar surface area (TPSA) is 119 Å². The number of nitrogens with two attached hydrogens (primary N) is 2. The molecule has 3 amide bonds. The average Bonchev–Trinajstić information content (AvgIpc) is 2.35. The normalized spacial score (nSPS) is 16.4. The van der Waals surface area contributed by atoms with E-state index in [1.54, 1.807) is 0 Å². The average molecular weight is 256 g/mol. The van der Waals surface area contributed by atoms with Crippen LogP contribution in [0, 0.1) is 5.92 Å². The minimum absolute atomic E-state index is 0.221. The number of nitrogens with one attached hydrogen (secondary N) is 1. The number of carbonyl (C=O) groups excluding carboxylic acids is 3. The summed E-state index contributed by atoms with van der Waals surface area (Å²) in [5.41, 5.74) is 10.4. The molecule has 0 bridgehead atoms. The molecule has 0 unspecified atom stereocenters. The van der Waals surface area contributed by atoms with Gasteiger partial charge in [0.05, 0.1) is 0 Å². The molecule has 7 nitrogen and oxygen atoms in total. The Kier molecular flexibility index (Phi) is 5.57. The summed E-state index contributed by atoms with van der Waals surface area (Å²) < 4.78 is 0. The first kappa shape index (κ1) is 14.4. The molecule has 1 rings (SSSR count). The van der Waals surface area contributed by atoms with Crippen LogP contribution in [-0.2, 0) is 14.4 Å². The second kappa shape index (κ2) is 6.95. The zero-order valence-corrected chi connectivity index (χ0v) is 10.4. The quantitative estimate of drug-likeness (QED) is 0.513. The molecular weight excluding hydrogens is 236 g/mol. The van der Waals surface area contributed by atoms with Crippen LogP contribution in [0.25, 0.3) is 0 Å². The minimum atomic E-state index is -0.617. The van der Waals surface area contributed by atoms with Crippen molar-refractivity contribution >= 4 is 17.7 Å². The van der Waals surface area contributed by atoms with Crippen molar-refractivity contribution in [2.75, 3.05) is 26.2 Å². The standard InChI is InChI=1S/C11H20N4O3/c12-3-4-14-10(17)11(18)15-5-1-8(2-6-15)7-9(13)16/h8H,1-7,12H2,(H2,13,16)(H,14,17). The Balaban J connectivity index is 2.35. The summed E-state index contributed by atoms with van der Waals surface area (Å²) in [6.07, 6.45) is 1.76. The van der Waals surface area contributed by atoms with Crippen molar-refractivity contribution in [2.45, 2.75) is 19.3 Å². The van der Waals surface area contributed by atoms with E-state index >= 15 is 0 Å². The van der Waals surface area contributed by atoms with Crippen LogP contribution in [0.5, 0.6) is 0 Å². The van der Waals surface area contributed by atoms with Crippen LogP contribution in [0.15, 0.2) is 0 Å². The lowest BCUT2D eigenvalue weighted by Crippen LogP contribution is -2.47. The summed E-state index contributed by atoms with van der Waals surface area (Å²) >= 11 is 0. The molecule has 0 saturated carbocycles. The first-order chi connectivity index (χ1) is 8.54. The third kappa shape index (κ3) is 4.33. The third-order valence-corrected chi connectivity index (χ3v) is 3.02. The number of piperidine rings is 1. The van der Waals surface area contributed by atoms with E-state index in [2.05, 4.69) is 5.32 Å². The highest BCUT2D eigenvalue weighted by atomic mass is 16.2. The fraction of sp³-hybridized carbons (Fsp3) is 0.727. The molecule has 0 aliphatic carbocycles. The Morgan fingerprint density at radius 1 is 1.22 bits per heavy atom. The largest absolute Gasteiger partial charge is 0.370 e. The van der Waals surface area contributed by atoms with Gasteiger partial charge in [-0.25, -0.2) is 0 Å². The maximum atomic E-state index is 11.7. The van der Waals surface area contributed by atoms with Crippen LogP contribution in [0.3, 0.4) is 0 Å². The SMILES string of the molecule is NCCNC(=O)C(=O)N1CCC(CC(N)=O)CC1. The van der Waals surface area contributed by atoms with Gasteiger partial charge in [-0.05, 0) is 18.8 Å². The van der Waals surface area contributed by atoms with Gasteiger partial charge in [0, 0.05) is 32.6 Å². The predicted molar refractivity (Wildman–Crippen MR) is 65.2 cm³/mol. The summed E-state index contributed by atoms with van der Waals surface area (Å²) in [4.78, 5) is 35.4. The van der Waals surface area contributed by atoms with E-state index in [1.165, 1.54) is 4.90 Å². The second-order valence-corrected chi connectivity index (χ2v) is 4.45. The second-order valence-electron chi connectivity index (χ2n) is 4.45. The Morgan fingerprint density at radius 3 is 2.33 bits per heavy atom. The van der Waals surface area contributed by atoms with E-state index < -0.39 is 11.8 Å². The molecule has 1 fully saturated rings. The molecule has 0 spiro atoms. The lowest BCUT2D eigenvalue weighted by Gasteiger charge is -2.30. The Labute approximate surface area is 106 Å². The summed E-state index contributed by atoms with van der Waals surface area (Å²) in [5.74, 6) is -1.24. The van der Waals surface area contributed by atoms with Gasteiger partial charge in [0.25, 0.3) is 0 Å². The molecule has 0 atom stereocenters. The highest BCUT2D eigenvalue weighted by molar-refractivity contribution is 6.35. The highest BCUT2D eigenvalue weighted by Crippen LogP contribution is 2.20. The monoisotopic (exact) mass is 256 g/mol. The van der Waals surface area contributed by atoms with Gasteiger partial charge in [-0.1, -0.05) is 0 Å². The highest BCUT2D eigenvalue weighted by Gasteiger charge is 2.27. The Hall–Kier alpha value is -1.63. The molecule has 1 saturated heterocycles. The number of carbonyl (C=O) groups is 3. The lowest BCUT2D eigenvalue weighted by atomic mass is 9.93. The van der Waals surface area contributed by atoms with Crippen molar-refractivity contribution in [2.24, 2.45) is 17.4 Å². The predicted octanol–water partition coefficient (Wildman–Crippen LogP) is -1.82. The zero-order chi connectivity index (χ0) is 13.5. The zero-order valence-electron chi connectivity index (χ0n) is 10.4. The fourth-order valence-corrected chi connectivity index (χ4v) is 2.03. The van der Waals surface area contributed by atoms with Crippen LogP contribution in [0.2, 0.25) is 0 Å². The van der Waals surface area contributed by atoms with E-state index in [9.17, 15) is 14.4 Å². The lowest BCUT2D eigenvalue weighted by molar-refractivity contribution is -0.146. The van der Waals surface area contributed by atoms with Gasteiger partial charge >= 0.3 is 11.8 Å². The van der Waals surface area contributed by atoms with Gasteiger partial charge in [-0.3, -0.25) is 14.4 Å². The molecule has 1 heterocycles. The van der Waals surface area contributed by atoms with E-state index in [1.807, 2.05) is 0 Å². The molecular formula is C11H20N4O3. The van der Waals surface area contributed by atoms with Crippen molar-refractivity contribution in [1.82, 2.24) is 10.2 Å². The number of hydrogen-bond donors (Lipinski definition) is 3. The first-order valence-corrected chi connectivity index (χ1v) is 6.10. The first-order valence-electron chi connectivity index (χ1n) is 6.10. The van der Waals surface area contributed by atoms with Crippen LogP contribution in [-0.4, -0.2) is 48.8 Å². The van der Waals surface area contributed by atoms with Crippen molar-refractivity contribution in [1.29, 1.82) is 0 Å². The number of likely N-dealkylation sites (tertiary alicyclic amines) is 1. The van der Waals surface area contributed by atoms with Crippen molar-refractivity contribution in [3.63, 3.8) is 0 Å². The van der Waals surface area contributed by atoms with E-state index in [4.69, 9.17) is 11.5 Å². The van der Waals surface area contributed by atoms with Gasteiger partial charge < -0.3 is 21.7 Å².